The summed E-state index contributed by atoms with van der Waals surface area (Å²) in [5, 5.41) is 0. The first-order chi connectivity index (χ1) is 5.70. The standard InChI is InChI=1S/C10H15BO/c1-9-6-4-5-7-10(9)8-12-11(2)3/h4-7H,8H2,1-3H3. The molecule has 0 saturated heterocycles. The van der Waals surface area contributed by atoms with Gasteiger partial charge < -0.3 is 4.65 Å². The van der Waals surface area contributed by atoms with Crippen molar-refractivity contribution in [3.63, 3.8) is 0 Å². The fraction of sp³-hybridized carbons (Fsp3) is 0.400. The van der Waals surface area contributed by atoms with Gasteiger partial charge in [0.1, 0.15) is 0 Å². The smallest absolute Gasteiger partial charge is 0.287 e. The Balaban J connectivity index is 2.57. The van der Waals surface area contributed by atoms with Crippen molar-refractivity contribution in [3.05, 3.63) is 35.4 Å². The van der Waals surface area contributed by atoms with Crippen LogP contribution in [0.3, 0.4) is 0 Å². The van der Waals surface area contributed by atoms with Gasteiger partial charge in [-0.3, -0.25) is 0 Å². The lowest BCUT2D eigenvalue weighted by Gasteiger charge is -2.07. The molecule has 0 spiro atoms. The van der Waals surface area contributed by atoms with Crippen LogP contribution in [0.1, 0.15) is 11.1 Å². The molecule has 1 aromatic carbocycles. The highest BCUT2D eigenvalue weighted by Gasteiger charge is 2.00. The minimum atomic E-state index is 0.310. The summed E-state index contributed by atoms with van der Waals surface area (Å²) in [5.41, 5.74) is 2.59. The van der Waals surface area contributed by atoms with Gasteiger partial charge >= 0.3 is 0 Å². The van der Waals surface area contributed by atoms with Crippen molar-refractivity contribution in [1.29, 1.82) is 0 Å². The van der Waals surface area contributed by atoms with Crippen molar-refractivity contribution >= 4 is 6.92 Å². The van der Waals surface area contributed by atoms with Crippen LogP contribution in [0.25, 0.3) is 0 Å². The zero-order chi connectivity index (χ0) is 8.97. The summed E-state index contributed by atoms with van der Waals surface area (Å²) in [7, 11) is 0. The average Bonchev–Trinajstić information content (AvgIpc) is 2.03. The normalized spacial score (nSPS) is 9.92. The molecule has 64 valence electrons. The van der Waals surface area contributed by atoms with Crippen molar-refractivity contribution in [2.75, 3.05) is 0 Å². The second-order valence-electron chi connectivity index (χ2n) is 3.29. The van der Waals surface area contributed by atoms with E-state index in [4.69, 9.17) is 4.65 Å². The number of aryl methyl sites for hydroxylation is 1. The first-order valence-electron chi connectivity index (χ1n) is 4.36. The van der Waals surface area contributed by atoms with E-state index in [0.29, 0.717) is 6.92 Å². The van der Waals surface area contributed by atoms with E-state index in [1.165, 1.54) is 11.1 Å². The number of hydrogen-bond acceptors (Lipinski definition) is 1. The zero-order valence-electron chi connectivity index (χ0n) is 8.00. The molecule has 0 aromatic heterocycles. The largest absolute Gasteiger partial charge is 0.432 e. The highest BCUT2D eigenvalue weighted by Crippen LogP contribution is 2.08. The molecule has 0 unspecified atom stereocenters. The van der Waals surface area contributed by atoms with E-state index in [1.54, 1.807) is 0 Å². The van der Waals surface area contributed by atoms with Gasteiger partial charge in [-0.1, -0.05) is 37.9 Å². The van der Waals surface area contributed by atoms with Gasteiger partial charge in [-0.05, 0) is 18.1 Å². The Morgan fingerprint density at radius 2 is 1.92 bits per heavy atom. The van der Waals surface area contributed by atoms with Crippen LogP contribution >= 0.6 is 0 Å². The van der Waals surface area contributed by atoms with Gasteiger partial charge in [0.05, 0.1) is 6.61 Å². The molecule has 0 atom stereocenters. The van der Waals surface area contributed by atoms with Crippen LogP contribution in [0.5, 0.6) is 0 Å². The minimum Gasteiger partial charge on any atom is -0.432 e. The second kappa shape index (κ2) is 4.32. The molecule has 1 aromatic rings. The maximum atomic E-state index is 5.51. The Morgan fingerprint density at radius 3 is 2.50 bits per heavy atom. The van der Waals surface area contributed by atoms with E-state index in [1.807, 2.05) is 12.1 Å². The summed E-state index contributed by atoms with van der Waals surface area (Å²) in [6.45, 7) is 7.25. The molecular weight excluding hydrogens is 147 g/mol. The third kappa shape index (κ3) is 2.70. The van der Waals surface area contributed by atoms with E-state index in [0.717, 1.165) is 6.61 Å². The van der Waals surface area contributed by atoms with Gasteiger partial charge in [-0.25, -0.2) is 0 Å². The summed E-state index contributed by atoms with van der Waals surface area (Å²) < 4.78 is 5.51. The van der Waals surface area contributed by atoms with Crippen molar-refractivity contribution < 1.29 is 4.65 Å². The highest BCUT2D eigenvalue weighted by molar-refractivity contribution is 6.48. The summed E-state index contributed by atoms with van der Waals surface area (Å²) in [4.78, 5) is 0. The Labute approximate surface area is 74.9 Å². The van der Waals surface area contributed by atoms with Crippen LogP contribution in [0.4, 0.5) is 0 Å². The topological polar surface area (TPSA) is 9.23 Å². The molecular formula is C10H15BO. The van der Waals surface area contributed by atoms with Gasteiger partial charge in [0, 0.05) is 0 Å². The maximum Gasteiger partial charge on any atom is 0.287 e. The van der Waals surface area contributed by atoms with Gasteiger partial charge in [0.25, 0.3) is 6.92 Å². The van der Waals surface area contributed by atoms with Gasteiger partial charge in [-0.15, -0.1) is 0 Å². The lowest BCUT2D eigenvalue weighted by atomic mass is 9.75. The van der Waals surface area contributed by atoms with Crippen molar-refractivity contribution in [1.82, 2.24) is 0 Å². The van der Waals surface area contributed by atoms with E-state index in [9.17, 15) is 0 Å². The SMILES string of the molecule is CB(C)OCc1ccccc1C. The fourth-order valence-electron chi connectivity index (χ4n) is 1.03. The van der Waals surface area contributed by atoms with Gasteiger partial charge in [0.2, 0.25) is 0 Å². The van der Waals surface area contributed by atoms with Crippen molar-refractivity contribution in [2.45, 2.75) is 27.2 Å². The molecule has 0 aliphatic carbocycles. The van der Waals surface area contributed by atoms with Crippen LogP contribution in [-0.2, 0) is 11.3 Å². The Bertz CT molecular complexity index is 245. The molecule has 0 heterocycles. The van der Waals surface area contributed by atoms with Crippen LogP contribution in [0.2, 0.25) is 13.6 Å². The first kappa shape index (κ1) is 9.33. The summed E-state index contributed by atoms with van der Waals surface area (Å²) in [5.74, 6) is 0. The molecule has 1 nitrogen and oxygen atoms in total. The zero-order valence-corrected chi connectivity index (χ0v) is 8.00. The second-order valence-corrected chi connectivity index (χ2v) is 3.29. The van der Waals surface area contributed by atoms with Crippen LogP contribution < -0.4 is 0 Å². The molecule has 0 saturated carbocycles. The molecule has 0 amide bonds. The molecule has 12 heavy (non-hydrogen) atoms. The predicted octanol–water partition coefficient (Wildman–Crippen LogP) is 2.76. The van der Waals surface area contributed by atoms with Crippen LogP contribution in [0, 0.1) is 6.92 Å². The van der Waals surface area contributed by atoms with Crippen LogP contribution in [0.15, 0.2) is 24.3 Å². The lowest BCUT2D eigenvalue weighted by molar-refractivity contribution is 0.314. The maximum absolute atomic E-state index is 5.51. The highest BCUT2D eigenvalue weighted by atomic mass is 16.4. The van der Waals surface area contributed by atoms with E-state index >= 15 is 0 Å². The number of benzene rings is 1. The average molecular weight is 162 g/mol. The summed E-state index contributed by atoms with van der Waals surface area (Å²) in [6.07, 6.45) is 0. The molecule has 0 fully saturated rings. The van der Waals surface area contributed by atoms with E-state index in [2.05, 4.69) is 32.7 Å². The molecule has 0 aliphatic heterocycles. The monoisotopic (exact) mass is 162 g/mol. The first-order valence-corrected chi connectivity index (χ1v) is 4.36. The predicted molar refractivity (Wildman–Crippen MR) is 53.5 cm³/mol. The molecule has 0 radical (unpaired) electrons. The third-order valence-corrected chi connectivity index (χ3v) is 1.83. The number of hydrogen-bond donors (Lipinski definition) is 0. The Hall–Kier alpha value is -0.755. The summed E-state index contributed by atoms with van der Waals surface area (Å²) >= 11 is 0. The van der Waals surface area contributed by atoms with Gasteiger partial charge in [0.15, 0.2) is 0 Å². The Morgan fingerprint density at radius 1 is 1.25 bits per heavy atom. The van der Waals surface area contributed by atoms with Crippen LogP contribution in [-0.4, -0.2) is 6.92 Å². The van der Waals surface area contributed by atoms with E-state index < -0.39 is 0 Å². The minimum absolute atomic E-state index is 0.310. The van der Waals surface area contributed by atoms with Gasteiger partial charge in [-0.2, -0.15) is 0 Å². The fourth-order valence-corrected chi connectivity index (χ4v) is 1.03. The van der Waals surface area contributed by atoms with Crippen molar-refractivity contribution in [3.8, 4) is 0 Å². The molecule has 1 rings (SSSR count). The molecule has 0 bridgehead atoms. The van der Waals surface area contributed by atoms with Crippen molar-refractivity contribution in [2.24, 2.45) is 0 Å². The molecule has 0 aliphatic rings. The third-order valence-electron chi connectivity index (χ3n) is 1.83. The Kier molecular flexibility index (Phi) is 3.36. The molecule has 2 heteroatoms. The molecule has 0 N–H and O–H groups in total. The quantitative estimate of drug-likeness (QED) is 0.621. The van der Waals surface area contributed by atoms with E-state index in [-0.39, 0.29) is 0 Å². The summed E-state index contributed by atoms with van der Waals surface area (Å²) in [6, 6.07) is 8.32. The number of rotatable bonds is 3. The lowest BCUT2D eigenvalue weighted by Crippen LogP contribution is -2.07.